The molecule has 1 N–H and O–H groups in total. The molecule has 0 saturated carbocycles. The van der Waals surface area contributed by atoms with Crippen molar-refractivity contribution in [2.45, 2.75) is 0 Å². The zero-order valence-corrected chi connectivity index (χ0v) is 6.83. The molecule has 48 valence electrons. The minimum absolute atomic E-state index is 0.733. The molecule has 0 fully saturated rings. The minimum Gasteiger partial charge on any atom is -0.436 e. The number of halogens is 1. The Kier molecular flexibility index (Phi) is 2.24. The smallest absolute Gasteiger partial charge is 0.183 e. The first kappa shape index (κ1) is 6.77. The Labute approximate surface area is 65.1 Å². The van der Waals surface area contributed by atoms with E-state index >= 15 is 0 Å². The fraction of sp³-hybridized carbons (Fsp3) is 0. The van der Waals surface area contributed by atoms with Crippen LogP contribution in [-0.2, 0) is 0 Å². The van der Waals surface area contributed by atoms with Gasteiger partial charge in [0, 0.05) is 0 Å². The highest BCUT2D eigenvalue weighted by atomic mass is 79.9. The van der Waals surface area contributed by atoms with E-state index in [9.17, 15) is 0 Å². The summed E-state index contributed by atoms with van der Waals surface area (Å²) in [6.07, 6.45) is 0.915. The average Bonchev–Trinajstić information content (AvgIpc) is 2.17. The minimum atomic E-state index is 0.733. The molecule has 0 aliphatic rings. The van der Waals surface area contributed by atoms with Gasteiger partial charge in [0.25, 0.3) is 0 Å². The molecule has 1 rings (SSSR count). The molecular formula is C5H4BrNOS. The second kappa shape index (κ2) is 2.98. The standard InChI is InChI=1S/C5H4BrNOS/c6-4-1-2-5(9-4)8-3-7/h1-3,7H. The van der Waals surface area contributed by atoms with Crippen LogP contribution in [0.2, 0.25) is 0 Å². The van der Waals surface area contributed by atoms with E-state index in [0.717, 1.165) is 15.3 Å². The number of ether oxygens (including phenoxy) is 1. The topological polar surface area (TPSA) is 33.1 Å². The lowest BCUT2D eigenvalue weighted by Gasteiger charge is -1.87. The third kappa shape index (κ3) is 1.80. The molecule has 1 aromatic rings. The molecule has 0 aromatic carbocycles. The van der Waals surface area contributed by atoms with Crippen molar-refractivity contribution in [3.63, 3.8) is 0 Å². The molecule has 0 aliphatic heterocycles. The van der Waals surface area contributed by atoms with Crippen LogP contribution in [0.15, 0.2) is 15.9 Å². The van der Waals surface area contributed by atoms with E-state index in [1.165, 1.54) is 11.3 Å². The normalized spacial score (nSPS) is 9.00. The van der Waals surface area contributed by atoms with Crippen molar-refractivity contribution in [2.24, 2.45) is 0 Å². The van der Waals surface area contributed by atoms with Crippen LogP contribution >= 0.6 is 27.3 Å². The zero-order chi connectivity index (χ0) is 6.69. The van der Waals surface area contributed by atoms with Gasteiger partial charge in [-0.15, -0.1) is 0 Å². The van der Waals surface area contributed by atoms with Gasteiger partial charge in [0.1, 0.15) is 0 Å². The SMILES string of the molecule is N=COc1ccc(Br)s1. The zero-order valence-electron chi connectivity index (χ0n) is 4.43. The van der Waals surface area contributed by atoms with Crippen molar-refractivity contribution in [2.75, 3.05) is 0 Å². The van der Waals surface area contributed by atoms with E-state index in [-0.39, 0.29) is 0 Å². The Morgan fingerprint density at radius 1 is 1.67 bits per heavy atom. The van der Waals surface area contributed by atoms with E-state index in [4.69, 9.17) is 10.1 Å². The molecule has 0 aliphatic carbocycles. The van der Waals surface area contributed by atoms with Gasteiger partial charge in [-0.3, -0.25) is 5.41 Å². The molecule has 0 radical (unpaired) electrons. The highest BCUT2D eigenvalue weighted by molar-refractivity contribution is 9.11. The van der Waals surface area contributed by atoms with E-state index in [1.807, 2.05) is 6.07 Å². The molecule has 1 heterocycles. The molecule has 0 bridgehead atoms. The van der Waals surface area contributed by atoms with Crippen LogP contribution in [0.1, 0.15) is 0 Å². The fourth-order valence-electron chi connectivity index (χ4n) is 0.419. The average molecular weight is 206 g/mol. The van der Waals surface area contributed by atoms with Gasteiger partial charge in [-0.1, -0.05) is 11.3 Å². The summed E-state index contributed by atoms with van der Waals surface area (Å²) >= 11 is 4.72. The highest BCUT2D eigenvalue weighted by Gasteiger charge is 1.93. The van der Waals surface area contributed by atoms with Gasteiger partial charge in [-0.2, -0.15) is 0 Å². The highest BCUT2D eigenvalue weighted by Crippen LogP contribution is 2.27. The van der Waals surface area contributed by atoms with E-state index in [2.05, 4.69) is 15.9 Å². The van der Waals surface area contributed by atoms with Crippen LogP contribution in [0.3, 0.4) is 0 Å². The van der Waals surface area contributed by atoms with Gasteiger partial charge >= 0.3 is 0 Å². The molecular weight excluding hydrogens is 202 g/mol. The number of hydrogen-bond acceptors (Lipinski definition) is 3. The lowest BCUT2D eigenvalue weighted by Crippen LogP contribution is -1.81. The van der Waals surface area contributed by atoms with Gasteiger partial charge < -0.3 is 4.74 Å². The lowest BCUT2D eigenvalue weighted by atomic mass is 10.7. The summed E-state index contributed by atoms with van der Waals surface area (Å²) in [6.45, 7) is 0. The van der Waals surface area contributed by atoms with Gasteiger partial charge in [0.2, 0.25) is 0 Å². The first-order valence-corrected chi connectivity index (χ1v) is 3.85. The van der Waals surface area contributed by atoms with Crippen molar-refractivity contribution < 1.29 is 4.74 Å². The largest absolute Gasteiger partial charge is 0.436 e. The molecule has 9 heavy (non-hydrogen) atoms. The van der Waals surface area contributed by atoms with Crippen LogP contribution in [0.4, 0.5) is 0 Å². The van der Waals surface area contributed by atoms with Gasteiger partial charge in [-0.25, -0.2) is 0 Å². The summed E-state index contributed by atoms with van der Waals surface area (Å²) in [5.41, 5.74) is 0. The first-order valence-electron chi connectivity index (χ1n) is 2.24. The van der Waals surface area contributed by atoms with Crippen LogP contribution in [-0.4, -0.2) is 6.40 Å². The van der Waals surface area contributed by atoms with E-state index < -0.39 is 0 Å². The Hall–Kier alpha value is -0.350. The molecule has 0 unspecified atom stereocenters. The van der Waals surface area contributed by atoms with Crippen molar-refractivity contribution in [1.29, 1.82) is 5.41 Å². The maximum absolute atomic E-state index is 6.59. The van der Waals surface area contributed by atoms with Crippen LogP contribution in [0.25, 0.3) is 0 Å². The van der Waals surface area contributed by atoms with Crippen molar-refractivity contribution >= 4 is 33.7 Å². The maximum atomic E-state index is 6.59. The molecule has 0 spiro atoms. The van der Waals surface area contributed by atoms with Gasteiger partial charge in [-0.05, 0) is 28.1 Å². The number of rotatable bonds is 2. The molecule has 2 nitrogen and oxygen atoms in total. The monoisotopic (exact) mass is 205 g/mol. The summed E-state index contributed by atoms with van der Waals surface area (Å²) in [5.74, 6) is 0. The first-order chi connectivity index (χ1) is 4.33. The number of thiophene rings is 1. The Balaban J connectivity index is 2.72. The van der Waals surface area contributed by atoms with Crippen LogP contribution < -0.4 is 4.74 Å². The van der Waals surface area contributed by atoms with Crippen molar-refractivity contribution in [3.8, 4) is 5.06 Å². The third-order valence-electron chi connectivity index (χ3n) is 0.724. The Morgan fingerprint density at radius 3 is 2.89 bits per heavy atom. The quantitative estimate of drug-likeness (QED) is 0.585. The lowest BCUT2D eigenvalue weighted by molar-refractivity contribution is 0.586. The summed E-state index contributed by atoms with van der Waals surface area (Å²) in [4.78, 5) is 0. The van der Waals surface area contributed by atoms with Crippen molar-refractivity contribution in [3.05, 3.63) is 15.9 Å². The predicted molar refractivity (Wildman–Crippen MR) is 41.4 cm³/mol. The van der Waals surface area contributed by atoms with Gasteiger partial charge in [0.05, 0.1) is 3.79 Å². The fourth-order valence-corrected chi connectivity index (χ4v) is 1.59. The van der Waals surface area contributed by atoms with Gasteiger partial charge in [0.15, 0.2) is 11.5 Å². The van der Waals surface area contributed by atoms with E-state index in [0.29, 0.717) is 0 Å². The molecule has 0 atom stereocenters. The molecule has 4 heteroatoms. The summed E-state index contributed by atoms with van der Waals surface area (Å²) in [6, 6.07) is 3.68. The molecule has 1 aromatic heterocycles. The van der Waals surface area contributed by atoms with Crippen molar-refractivity contribution in [1.82, 2.24) is 0 Å². The Bertz CT molecular complexity index is 210. The van der Waals surface area contributed by atoms with Crippen LogP contribution in [0, 0.1) is 5.41 Å². The molecule has 0 amide bonds. The summed E-state index contributed by atoms with van der Waals surface area (Å²) < 4.78 is 5.77. The molecule has 0 saturated heterocycles. The van der Waals surface area contributed by atoms with E-state index in [1.54, 1.807) is 6.07 Å². The third-order valence-corrected chi connectivity index (χ3v) is 2.24. The summed E-state index contributed by atoms with van der Waals surface area (Å²) in [7, 11) is 0. The summed E-state index contributed by atoms with van der Waals surface area (Å²) in [5, 5.41) is 7.33. The number of hydrogen-bond donors (Lipinski definition) is 1. The second-order valence-corrected chi connectivity index (χ2v) is 3.72. The Morgan fingerprint density at radius 2 is 2.44 bits per heavy atom. The van der Waals surface area contributed by atoms with Crippen LogP contribution in [0.5, 0.6) is 5.06 Å². The second-order valence-electron chi connectivity index (χ2n) is 1.29. The maximum Gasteiger partial charge on any atom is 0.183 e. The number of nitrogens with one attached hydrogen (secondary N) is 1. The predicted octanol–water partition coefficient (Wildman–Crippen LogP) is 2.50.